The van der Waals surface area contributed by atoms with Gasteiger partial charge in [-0.3, -0.25) is 14.2 Å². The van der Waals surface area contributed by atoms with Crippen LogP contribution in [-0.2, 0) is 28.5 Å². The molecule has 0 aromatic carbocycles. The van der Waals surface area contributed by atoms with Crippen molar-refractivity contribution >= 4 is 17.9 Å². The van der Waals surface area contributed by atoms with Crippen molar-refractivity contribution in [2.45, 2.75) is 102 Å². The Hall–Kier alpha value is -3.28. The van der Waals surface area contributed by atoms with Gasteiger partial charge in [0.2, 0.25) is 5.91 Å². The average molecular weight is 585 g/mol. The van der Waals surface area contributed by atoms with Gasteiger partial charge in [-0.15, -0.1) is 0 Å². The first kappa shape index (κ1) is 31.7. The maximum Gasteiger partial charge on any atom is 0.326 e. The molecular formula is C31H44N4O7. The molecule has 2 N–H and O–H groups in total. The standard InChI is InChI=1S/C31H44N4O7/c1-20(6-9-25-15-31(18-39-31)16-26(42-25)17-33-30(38)35-13-12-32-19-35)7-10-28-21(2)14-27(23(4)41-28)34-29(37)11-8-22(3)40-24(5)36/h6-9,11-13,19,21-23,25-28H,10,14-18H2,1-5H3,(H,33,38)(H,34,37)/b9-6+,11-8-,20-7+/t21-,22-,23+,25+,26-,27+,28-,31+/m0/s1. The molecule has 8 atom stereocenters. The minimum Gasteiger partial charge on any atom is -0.459 e. The van der Waals surface area contributed by atoms with Crippen molar-refractivity contribution < 1.29 is 33.3 Å². The van der Waals surface area contributed by atoms with Crippen molar-refractivity contribution in [2.24, 2.45) is 5.92 Å². The number of hydrogen-bond donors (Lipinski definition) is 2. The van der Waals surface area contributed by atoms with Crippen molar-refractivity contribution in [3.63, 3.8) is 0 Å². The first-order valence-electron chi connectivity index (χ1n) is 14.7. The summed E-state index contributed by atoms with van der Waals surface area (Å²) < 4.78 is 24.8. The average Bonchev–Trinajstić information content (AvgIpc) is 3.42. The molecule has 0 unspecified atom stereocenters. The number of ether oxygens (including phenoxy) is 4. The Morgan fingerprint density at radius 2 is 1.98 bits per heavy atom. The van der Waals surface area contributed by atoms with E-state index in [0.29, 0.717) is 6.54 Å². The predicted molar refractivity (Wildman–Crippen MR) is 156 cm³/mol. The van der Waals surface area contributed by atoms with Crippen LogP contribution >= 0.6 is 0 Å². The summed E-state index contributed by atoms with van der Waals surface area (Å²) in [5, 5.41) is 5.93. The van der Waals surface area contributed by atoms with Gasteiger partial charge >= 0.3 is 12.0 Å². The lowest BCUT2D eigenvalue weighted by molar-refractivity contribution is -0.143. The Labute approximate surface area is 247 Å². The van der Waals surface area contributed by atoms with E-state index in [4.69, 9.17) is 18.9 Å². The van der Waals surface area contributed by atoms with Crippen LogP contribution in [0, 0.1) is 5.92 Å². The van der Waals surface area contributed by atoms with Crippen LogP contribution in [0.4, 0.5) is 4.79 Å². The number of imidazole rings is 1. The molecule has 4 heterocycles. The minimum absolute atomic E-state index is 0.0496. The number of esters is 1. The molecule has 1 spiro atoms. The molecule has 0 radical (unpaired) electrons. The molecule has 0 saturated carbocycles. The summed E-state index contributed by atoms with van der Waals surface area (Å²) in [4.78, 5) is 39.6. The highest BCUT2D eigenvalue weighted by Crippen LogP contribution is 2.42. The molecule has 3 fully saturated rings. The van der Waals surface area contributed by atoms with Crippen molar-refractivity contribution in [2.75, 3.05) is 13.2 Å². The normalized spacial score (nSPS) is 32.2. The van der Waals surface area contributed by atoms with E-state index in [9.17, 15) is 14.4 Å². The van der Waals surface area contributed by atoms with Gasteiger partial charge in [-0.1, -0.05) is 30.7 Å². The van der Waals surface area contributed by atoms with Gasteiger partial charge in [0, 0.05) is 44.8 Å². The second-order valence-electron chi connectivity index (χ2n) is 11.8. The number of nitrogens with zero attached hydrogens (tertiary/aromatic N) is 2. The van der Waals surface area contributed by atoms with E-state index in [1.54, 1.807) is 25.4 Å². The zero-order chi connectivity index (χ0) is 30.3. The van der Waals surface area contributed by atoms with Gasteiger partial charge in [0.05, 0.1) is 42.7 Å². The topological polar surface area (TPSA) is 133 Å². The highest BCUT2D eigenvalue weighted by molar-refractivity contribution is 5.87. The van der Waals surface area contributed by atoms with Crippen LogP contribution < -0.4 is 10.6 Å². The number of nitrogens with one attached hydrogen (secondary N) is 2. The van der Waals surface area contributed by atoms with Crippen LogP contribution in [0.3, 0.4) is 0 Å². The Kier molecular flexibility index (Phi) is 10.7. The number of epoxide rings is 1. The highest BCUT2D eigenvalue weighted by atomic mass is 16.6. The molecule has 11 heteroatoms. The fourth-order valence-electron chi connectivity index (χ4n) is 5.55. The second kappa shape index (κ2) is 14.3. The van der Waals surface area contributed by atoms with Gasteiger partial charge in [0.25, 0.3) is 0 Å². The third-order valence-corrected chi connectivity index (χ3v) is 7.97. The van der Waals surface area contributed by atoms with Crippen LogP contribution in [0.2, 0.25) is 0 Å². The summed E-state index contributed by atoms with van der Waals surface area (Å²) in [5.41, 5.74) is 0.963. The molecule has 3 saturated heterocycles. The summed E-state index contributed by atoms with van der Waals surface area (Å²) >= 11 is 0. The fourth-order valence-corrected chi connectivity index (χ4v) is 5.55. The van der Waals surface area contributed by atoms with E-state index >= 15 is 0 Å². The predicted octanol–water partition coefficient (Wildman–Crippen LogP) is 3.46. The smallest absolute Gasteiger partial charge is 0.326 e. The van der Waals surface area contributed by atoms with Crippen LogP contribution in [0.15, 0.2) is 54.7 Å². The maximum absolute atomic E-state index is 12.4. The first-order chi connectivity index (χ1) is 20.0. The number of hydrogen-bond acceptors (Lipinski definition) is 8. The third-order valence-electron chi connectivity index (χ3n) is 7.97. The molecule has 4 rings (SSSR count). The lowest BCUT2D eigenvalue weighted by Gasteiger charge is -2.39. The molecule has 1 aromatic rings. The highest BCUT2D eigenvalue weighted by Gasteiger charge is 2.51. The van der Waals surface area contributed by atoms with E-state index in [0.717, 1.165) is 37.9 Å². The summed E-state index contributed by atoms with van der Waals surface area (Å²) in [6.45, 7) is 10.4. The van der Waals surface area contributed by atoms with Gasteiger partial charge < -0.3 is 29.6 Å². The van der Waals surface area contributed by atoms with Gasteiger partial charge in [0.15, 0.2) is 0 Å². The van der Waals surface area contributed by atoms with E-state index in [2.05, 4.69) is 47.7 Å². The van der Waals surface area contributed by atoms with Crippen LogP contribution in [0.5, 0.6) is 0 Å². The van der Waals surface area contributed by atoms with Crippen LogP contribution in [0.1, 0.15) is 60.3 Å². The van der Waals surface area contributed by atoms with E-state index in [1.165, 1.54) is 23.9 Å². The largest absolute Gasteiger partial charge is 0.459 e. The molecule has 1 aromatic heterocycles. The lowest BCUT2D eigenvalue weighted by Crippen LogP contribution is -2.50. The summed E-state index contributed by atoms with van der Waals surface area (Å²) in [6.07, 6.45) is 16.3. The Morgan fingerprint density at radius 3 is 2.67 bits per heavy atom. The molecule has 42 heavy (non-hydrogen) atoms. The van der Waals surface area contributed by atoms with E-state index < -0.39 is 6.10 Å². The maximum atomic E-state index is 12.4. The van der Waals surface area contributed by atoms with Crippen LogP contribution in [-0.4, -0.2) is 82.8 Å². The first-order valence-corrected chi connectivity index (χ1v) is 14.7. The van der Waals surface area contributed by atoms with Crippen molar-refractivity contribution in [1.82, 2.24) is 20.2 Å². The van der Waals surface area contributed by atoms with E-state index in [-0.39, 0.29) is 59.9 Å². The quantitative estimate of drug-likeness (QED) is 0.185. The van der Waals surface area contributed by atoms with E-state index in [1.807, 2.05) is 6.92 Å². The molecule has 230 valence electrons. The summed E-state index contributed by atoms with van der Waals surface area (Å²) in [7, 11) is 0. The Bertz CT molecular complexity index is 1170. The number of carbonyl (C=O) groups is 3. The number of carbonyl (C=O) groups excluding carboxylic acids is 3. The Balaban J connectivity index is 1.23. The number of amides is 2. The molecule has 0 bridgehead atoms. The molecule has 3 aliphatic rings. The molecule has 11 nitrogen and oxygen atoms in total. The fraction of sp³-hybridized carbons (Fsp3) is 0.613. The van der Waals surface area contributed by atoms with Crippen molar-refractivity contribution in [3.05, 3.63) is 54.7 Å². The van der Waals surface area contributed by atoms with Crippen molar-refractivity contribution in [3.8, 4) is 0 Å². The Morgan fingerprint density at radius 1 is 1.19 bits per heavy atom. The molecule has 2 amide bonds. The van der Waals surface area contributed by atoms with Gasteiger partial charge in [-0.25, -0.2) is 9.78 Å². The number of rotatable bonds is 10. The third kappa shape index (κ3) is 9.37. The SMILES string of the molecule is CC(=O)O[C@@H](C)/C=C\C(=O)N[C@@H]1C[C@H](C)[C@H](C/C=C(C)/C=C/[C@@H]2C[C@]3(CO3)C[C@@H](CNC(=O)n3ccnc3)O2)O[C@@H]1C. The van der Waals surface area contributed by atoms with Gasteiger partial charge in [0.1, 0.15) is 12.4 Å². The summed E-state index contributed by atoms with van der Waals surface area (Å²) in [5.74, 6) is -0.356. The van der Waals surface area contributed by atoms with Gasteiger partial charge in [-0.2, -0.15) is 0 Å². The second-order valence-corrected chi connectivity index (χ2v) is 11.8. The molecule has 3 aliphatic heterocycles. The van der Waals surface area contributed by atoms with Crippen LogP contribution in [0.25, 0.3) is 0 Å². The zero-order valence-electron chi connectivity index (χ0n) is 25.2. The van der Waals surface area contributed by atoms with Gasteiger partial charge in [-0.05, 0) is 45.6 Å². The van der Waals surface area contributed by atoms with Crippen molar-refractivity contribution in [1.29, 1.82) is 0 Å². The number of aromatic nitrogens is 2. The zero-order valence-corrected chi connectivity index (χ0v) is 25.2. The lowest BCUT2D eigenvalue weighted by atomic mass is 9.88. The monoisotopic (exact) mass is 584 g/mol. The molecule has 0 aliphatic carbocycles. The minimum atomic E-state index is -0.462. The number of allylic oxidation sites excluding steroid dienone is 2. The summed E-state index contributed by atoms with van der Waals surface area (Å²) in [6, 6.07) is -0.330. The molecular weight excluding hydrogens is 540 g/mol.